The molecule has 0 aliphatic rings. The quantitative estimate of drug-likeness (QED) is 0.344. The van der Waals surface area contributed by atoms with Gasteiger partial charge in [0.15, 0.2) is 0 Å². The number of benzene rings is 3. The molecule has 0 aliphatic carbocycles. The molecule has 2 amide bonds. The molecule has 3 rings (SSSR count). The number of hydrogen-bond acceptors (Lipinski definition) is 4. The van der Waals surface area contributed by atoms with Crippen LogP contribution in [-0.4, -0.2) is 33.7 Å². The number of amides is 2. The van der Waals surface area contributed by atoms with Gasteiger partial charge in [-0.15, -0.1) is 0 Å². The zero-order valence-electron chi connectivity index (χ0n) is 20.3. The van der Waals surface area contributed by atoms with Crippen molar-refractivity contribution >= 4 is 17.5 Å². The van der Waals surface area contributed by atoms with Crippen LogP contribution in [0.25, 0.3) is 0 Å². The number of nitro groups is 1. The van der Waals surface area contributed by atoms with Crippen molar-refractivity contribution in [3.63, 3.8) is 0 Å². The van der Waals surface area contributed by atoms with Gasteiger partial charge in [0.2, 0.25) is 11.8 Å². The predicted molar refractivity (Wildman–Crippen MR) is 136 cm³/mol. The Morgan fingerprint density at radius 2 is 1.51 bits per heavy atom. The van der Waals surface area contributed by atoms with Gasteiger partial charge in [-0.05, 0) is 37.5 Å². The second-order valence-electron chi connectivity index (χ2n) is 8.88. The van der Waals surface area contributed by atoms with Crippen LogP contribution >= 0.6 is 0 Å². The minimum Gasteiger partial charge on any atom is -0.352 e. The molecule has 0 spiro atoms. The van der Waals surface area contributed by atoms with Gasteiger partial charge in [-0.2, -0.15) is 0 Å². The van der Waals surface area contributed by atoms with E-state index in [9.17, 15) is 19.7 Å². The van der Waals surface area contributed by atoms with Crippen molar-refractivity contribution in [3.8, 4) is 0 Å². The lowest BCUT2D eigenvalue weighted by atomic mass is 10.00. The van der Waals surface area contributed by atoms with Gasteiger partial charge in [-0.3, -0.25) is 19.7 Å². The van der Waals surface area contributed by atoms with Gasteiger partial charge in [0.25, 0.3) is 5.69 Å². The molecular formula is C28H31N3O4. The Labute approximate surface area is 205 Å². The van der Waals surface area contributed by atoms with Crippen LogP contribution in [-0.2, 0) is 29.0 Å². The molecule has 3 aromatic rings. The summed E-state index contributed by atoms with van der Waals surface area (Å²) in [4.78, 5) is 39.7. The van der Waals surface area contributed by atoms with E-state index in [0.717, 1.165) is 16.7 Å². The highest BCUT2D eigenvalue weighted by Gasteiger charge is 2.32. The SMILES string of the molecule is Cc1ccccc1CN(C(=O)Cc1ccccc1[N+](=O)[O-])C(Cc1ccccc1)C(=O)NC(C)C. The van der Waals surface area contributed by atoms with E-state index in [1.165, 1.54) is 6.07 Å². The Hall–Kier alpha value is -4.00. The van der Waals surface area contributed by atoms with Crippen molar-refractivity contribution < 1.29 is 14.5 Å². The van der Waals surface area contributed by atoms with E-state index in [1.807, 2.05) is 75.4 Å². The monoisotopic (exact) mass is 473 g/mol. The number of carbonyl (C=O) groups excluding carboxylic acids is 2. The molecule has 1 unspecified atom stereocenters. The molecular weight excluding hydrogens is 442 g/mol. The van der Waals surface area contributed by atoms with E-state index < -0.39 is 11.0 Å². The van der Waals surface area contributed by atoms with Gasteiger partial charge < -0.3 is 10.2 Å². The van der Waals surface area contributed by atoms with Crippen LogP contribution < -0.4 is 5.32 Å². The largest absolute Gasteiger partial charge is 0.352 e. The molecule has 0 fully saturated rings. The third-order valence-electron chi connectivity index (χ3n) is 5.83. The summed E-state index contributed by atoms with van der Waals surface area (Å²) in [6.45, 7) is 5.92. The first-order chi connectivity index (χ1) is 16.8. The van der Waals surface area contributed by atoms with Gasteiger partial charge in [-0.1, -0.05) is 72.8 Å². The van der Waals surface area contributed by atoms with Crippen LogP contribution in [0.15, 0.2) is 78.9 Å². The van der Waals surface area contributed by atoms with Crippen molar-refractivity contribution in [1.29, 1.82) is 0 Å². The number of hydrogen-bond donors (Lipinski definition) is 1. The first kappa shape index (κ1) is 25.6. The third-order valence-corrected chi connectivity index (χ3v) is 5.83. The summed E-state index contributed by atoms with van der Waals surface area (Å²) >= 11 is 0. The molecule has 0 saturated carbocycles. The Bertz CT molecular complexity index is 1180. The molecule has 35 heavy (non-hydrogen) atoms. The van der Waals surface area contributed by atoms with E-state index >= 15 is 0 Å². The minimum atomic E-state index is -0.783. The molecule has 3 aromatic carbocycles. The van der Waals surface area contributed by atoms with Crippen molar-refractivity contribution in [2.24, 2.45) is 0 Å². The van der Waals surface area contributed by atoms with Crippen LogP contribution in [0.4, 0.5) is 5.69 Å². The van der Waals surface area contributed by atoms with Gasteiger partial charge >= 0.3 is 0 Å². The molecule has 0 bridgehead atoms. The maximum atomic E-state index is 13.7. The second kappa shape index (κ2) is 11.9. The zero-order valence-corrected chi connectivity index (χ0v) is 20.3. The van der Waals surface area contributed by atoms with Crippen LogP contribution in [0.3, 0.4) is 0 Å². The normalized spacial score (nSPS) is 11.7. The number of nitrogens with one attached hydrogen (secondary N) is 1. The third kappa shape index (κ3) is 6.99. The minimum absolute atomic E-state index is 0.105. The Kier molecular flexibility index (Phi) is 8.73. The fourth-order valence-corrected chi connectivity index (χ4v) is 4.01. The molecule has 7 heteroatoms. The smallest absolute Gasteiger partial charge is 0.273 e. The van der Waals surface area contributed by atoms with E-state index in [1.54, 1.807) is 23.1 Å². The van der Waals surface area contributed by atoms with Gasteiger partial charge in [-0.25, -0.2) is 0 Å². The fraction of sp³-hybridized carbons (Fsp3) is 0.286. The number of rotatable bonds is 10. The van der Waals surface area contributed by atoms with Gasteiger partial charge in [0, 0.05) is 30.6 Å². The van der Waals surface area contributed by atoms with Gasteiger partial charge in [0.1, 0.15) is 6.04 Å². The van der Waals surface area contributed by atoms with Crippen LogP contribution in [0.1, 0.15) is 36.1 Å². The Morgan fingerprint density at radius 1 is 0.914 bits per heavy atom. The fourth-order valence-electron chi connectivity index (χ4n) is 4.01. The average Bonchev–Trinajstić information content (AvgIpc) is 2.82. The molecule has 0 aliphatic heterocycles. The molecule has 182 valence electrons. The highest BCUT2D eigenvalue weighted by molar-refractivity contribution is 5.89. The number of aryl methyl sites for hydroxylation is 1. The van der Waals surface area contributed by atoms with E-state index in [4.69, 9.17) is 0 Å². The lowest BCUT2D eigenvalue weighted by Gasteiger charge is -2.32. The Balaban J connectivity index is 2.02. The van der Waals surface area contributed by atoms with Crippen molar-refractivity contribution in [1.82, 2.24) is 10.2 Å². The van der Waals surface area contributed by atoms with Gasteiger partial charge in [0.05, 0.1) is 11.3 Å². The lowest BCUT2D eigenvalue weighted by molar-refractivity contribution is -0.385. The summed E-state index contributed by atoms with van der Waals surface area (Å²) in [5.74, 6) is -0.601. The first-order valence-electron chi connectivity index (χ1n) is 11.7. The molecule has 0 saturated heterocycles. The van der Waals surface area contributed by atoms with E-state index in [0.29, 0.717) is 12.0 Å². The number of nitro benzene ring substituents is 1. The zero-order chi connectivity index (χ0) is 25.4. The molecule has 0 radical (unpaired) electrons. The topological polar surface area (TPSA) is 92.6 Å². The molecule has 0 heterocycles. The second-order valence-corrected chi connectivity index (χ2v) is 8.88. The van der Waals surface area contributed by atoms with Crippen LogP contribution in [0.2, 0.25) is 0 Å². The standard InChI is InChI=1S/C28H31N3O4/c1-20(2)29-28(33)26(17-22-12-5-4-6-13-22)30(19-24-15-8-7-11-21(24)3)27(32)18-23-14-9-10-16-25(23)31(34)35/h4-16,20,26H,17-19H2,1-3H3,(H,29,33). The summed E-state index contributed by atoms with van der Waals surface area (Å²) in [5, 5.41) is 14.5. The first-order valence-corrected chi connectivity index (χ1v) is 11.7. The summed E-state index contributed by atoms with van der Waals surface area (Å²) in [6.07, 6.45) is 0.150. The summed E-state index contributed by atoms with van der Waals surface area (Å²) in [7, 11) is 0. The summed E-state index contributed by atoms with van der Waals surface area (Å²) in [5.41, 5.74) is 3.05. The maximum Gasteiger partial charge on any atom is 0.273 e. The highest BCUT2D eigenvalue weighted by Crippen LogP contribution is 2.22. The van der Waals surface area contributed by atoms with E-state index in [-0.39, 0.29) is 36.5 Å². The molecule has 7 nitrogen and oxygen atoms in total. The highest BCUT2D eigenvalue weighted by atomic mass is 16.6. The van der Waals surface area contributed by atoms with Crippen LogP contribution in [0, 0.1) is 17.0 Å². The van der Waals surface area contributed by atoms with E-state index in [2.05, 4.69) is 5.32 Å². The van der Waals surface area contributed by atoms with Crippen molar-refractivity contribution in [3.05, 3.63) is 111 Å². The van der Waals surface area contributed by atoms with Crippen molar-refractivity contribution in [2.75, 3.05) is 0 Å². The number of nitrogens with zero attached hydrogens (tertiary/aromatic N) is 2. The molecule has 0 aromatic heterocycles. The van der Waals surface area contributed by atoms with Crippen molar-refractivity contribution in [2.45, 2.75) is 52.2 Å². The molecule has 1 N–H and O–H groups in total. The lowest BCUT2D eigenvalue weighted by Crippen LogP contribution is -2.52. The number of para-hydroxylation sites is 1. The number of carbonyl (C=O) groups is 2. The molecule has 1 atom stereocenters. The summed E-state index contributed by atoms with van der Waals surface area (Å²) in [6, 6.07) is 22.6. The van der Waals surface area contributed by atoms with Crippen LogP contribution in [0.5, 0.6) is 0 Å². The Morgan fingerprint density at radius 3 is 2.14 bits per heavy atom. The summed E-state index contributed by atoms with van der Waals surface area (Å²) < 4.78 is 0. The predicted octanol–water partition coefficient (Wildman–Crippen LogP) is 4.61. The average molecular weight is 474 g/mol. The maximum absolute atomic E-state index is 13.7.